The fraction of sp³-hybridized carbons (Fsp3) is 0.444. The van der Waals surface area contributed by atoms with E-state index in [2.05, 4.69) is 24.9 Å². The van der Waals surface area contributed by atoms with Crippen LogP contribution in [0.2, 0.25) is 0 Å². The third-order valence-corrected chi connectivity index (χ3v) is 1.81. The molecular formula is C9H12N2. The lowest BCUT2D eigenvalue weighted by Crippen LogP contribution is -2.03. The Hall–Kier alpha value is -1.23. The first-order valence-electron chi connectivity index (χ1n) is 3.78. The summed E-state index contributed by atoms with van der Waals surface area (Å²) in [7, 11) is 0. The van der Waals surface area contributed by atoms with Crippen LogP contribution in [-0.4, -0.2) is 9.78 Å². The molecule has 0 saturated carbocycles. The third kappa shape index (κ3) is 1.62. The summed E-state index contributed by atoms with van der Waals surface area (Å²) in [6, 6.07) is 0.442. The molecule has 0 radical (unpaired) electrons. The van der Waals surface area contributed by atoms with Gasteiger partial charge >= 0.3 is 0 Å². The largest absolute Gasteiger partial charge is 0.269 e. The van der Waals surface area contributed by atoms with Gasteiger partial charge in [0.15, 0.2) is 0 Å². The van der Waals surface area contributed by atoms with Gasteiger partial charge in [0.2, 0.25) is 0 Å². The van der Waals surface area contributed by atoms with E-state index in [1.165, 1.54) is 0 Å². The molecule has 11 heavy (non-hydrogen) atoms. The summed E-state index contributed by atoms with van der Waals surface area (Å²) in [5, 5.41) is 4.13. The smallest absolute Gasteiger partial charge is 0.0646 e. The van der Waals surface area contributed by atoms with Gasteiger partial charge in [-0.3, -0.25) is 4.68 Å². The van der Waals surface area contributed by atoms with E-state index in [9.17, 15) is 0 Å². The molecule has 1 aromatic heterocycles. The van der Waals surface area contributed by atoms with Crippen molar-refractivity contribution in [2.45, 2.75) is 26.3 Å². The van der Waals surface area contributed by atoms with Crippen molar-refractivity contribution in [3.63, 3.8) is 0 Å². The van der Waals surface area contributed by atoms with Gasteiger partial charge in [0.1, 0.15) is 0 Å². The van der Waals surface area contributed by atoms with Crippen LogP contribution >= 0.6 is 0 Å². The highest BCUT2D eigenvalue weighted by atomic mass is 15.3. The van der Waals surface area contributed by atoms with Gasteiger partial charge < -0.3 is 0 Å². The van der Waals surface area contributed by atoms with Crippen molar-refractivity contribution in [2.24, 2.45) is 0 Å². The Bertz CT molecular complexity index is 267. The zero-order valence-corrected chi connectivity index (χ0v) is 6.91. The summed E-state index contributed by atoms with van der Waals surface area (Å²) in [5.74, 6) is 2.54. The zero-order valence-electron chi connectivity index (χ0n) is 6.91. The molecule has 0 saturated heterocycles. The van der Waals surface area contributed by atoms with Crippen molar-refractivity contribution in [3.8, 4) is 12.3 Å². The molecule has 0 aromatic carbocycles. The van der Waals surface area contributed by atoms with Crippen LogP contribution in [0.5, 0.6) is 0 Å². The minimum absolute atomic E-state index is 0.442. The lowest BCUT2D eigenvalue weighted by molar-refractivity contribution is 0.478. The zero-order chi connectivity index (χ0) is 8.27. The van der Waals surface area contributed by atoms with E-state index in [-0.39, 0.29) is 0 Å². The van der Waals surface area contributed by atoms with Crippen molar-refractivity contribution in [1.82, 2.24) is 9.78 Å². The average Bonchev–Trinajstić information content (AvgIpc) is 2.50. The van der Waals surface area contributed by atoms with Crippen molar-refractivity contribution >= 4 is 0 Å². The van der Waals surface area contributed by atoms with Crippen molar-refractivity contribution in [3.05, 3.63) is 18.0 Å². The average molecular weight is 148 g/mol. The standard InChI is InChI=1S/C9H12N2/c1-4-8(3)11-7-9(5-2)6-10-11/h2,6-8H,4H2,1,3H3/t8-/m1/s1. The fourth-order valence-electron chi connectivity index (χ4n) is 0.841. The van der Waals surface area contributed by atoms with Gasteiger partial charge in [-0.05, 0) is 13.3 Å². The topological polar surface area (TPSA) is 17.8 Å². The van der Waals surface area contributed by atoms with Crippen LogP contribution in [0.3, 0.4) is 0 Å². The van der Waals surface area contributed by atoms with Crippen LogP contribution in [0.4, 0.5) is 0 Å². The summed E-state index contributed by atoms with van der Waals surface area (Å²) in [5.41, 5.74) is 0.852. The summed E-state index contributed by atoms with van der Waals surface area (Å²) in [4.78, 5) is 0. The number of hydrogen-bond acceptors (Lipinski definition) is 1. The summed E-state index contributed by atoms with van der Waals surface area (Å²) in [6.45, 7) is 4.25. The Morgan fingerprint density at radius 1 is 1.82 bits per heavy atom. The second-order valence-corrected chi connectivity index (χ2v) is 2.61. The van der Waals surface area contributed by atoms with Gasteiger partial charge in [0.25, 0.3) is 0 Å². The summed E-state index contributed by atoms with van der Waals surface area (Å²) < 4.78 is 1.90. The number of terminal acetylenes is 1. The Balaban J connectivity index is 2.82. The van der Waals surface area contributed by atoms with Gasteiger partial charge in [0, 0.05) is 12.2 Å². The minimum Gasteiger partial charge on any atom is -0.269 e. The van der Waals surface area contributed by atoms with Crippen molar-refractivity contribution in [2.75, 3.05) is 0 Å². The predicted octanol–water partition coefficient (Wildman–Crippen LogP) is 1.84. The molecule has 0 unspecified atom stereocenters. The monoisotopic (exact) mass is 148 g/mol. The van der Waals surface area contributed by atoms with Crippen LogP contribution in [0.25, 0.3) is 0 Å². The lowest BCUT2D eigenvalue weighted by Gasteiger charge is -2.07. The van der Waals surface area contributed by atoms with E-state index in [0.717, 1.165) is 12.0 Å². The Morgan fingerprint density at radius 2 is 2.55 bits per heavy atom. The molecule has 1 heterocycles. The molecular weight excluding hydrogens is 136 g/mol. The van der Waals surface area contributed by atoms with Gasteiger partial charge in [0.05, 0.1) is 11.8 Å². The first kappa shape index (κ1) is 7.87. The first-order valence-corrected chi connectivity index (χ1v) is 3.78. The van der Waals surface area contributed by atoms with E-state index >= 15 is 0 Å². The van der Waals surface area contributed by atoms with E-state index in [1.807, 2.05) is 10.9 Å². The number of hydrogen-bond donors (Lipinski definition) is 0. The molecule has 0 spiro atoms. The molecule has 0 amide bonds. The van der Waals surface area contributed by atoms with E-state index in [0.29, 0.717) is 6.04 Å². The third-order valence-electron chi connectivity index (χ3n) is 1.81. The quantitative estimate of drug-likeness (QED) is 0.585. The first-order chi connectivity index (χ1) is 5.27. The predicted molar refractivity (Wildman–Crippen MR) is 45.2 cm³/mol. The minimum atomic E-state index is 0.442. The molecule has 2 heteroatoms. The normalized spacial score (nSPS) is 12.5. The maximum absolute atomic E-state index is 5.20. The molecule has 1 atom stereocenters. The summed E-state index contributed by atoms with van der Waals surface area (Å²) >= 11 is 0. The van der Waals surface area contributed by atoms with E-state index < -0.39 is 0 Å². The molecule has 1 rings (SSSR count). The number of rotatable bonds is 2. The van der Waals surface area contributed by atoms with Gasteiger partial charge in [-0.2, -0.15) is 5.10 Å². The van der Waals surface area contributed by atoms with Gasteiger partial charge in [-0.1, -0.05) is 12.8 Å². The number of nitrogens with zero attached hydrogens (tertiary/aromatic N) is 2. The molecule has 0 aliphatic carbocycles. The Kier molecular flexibility index (Phi) is 2.32. The van der Waals surface area contributed by atoms with Crippen molar-refractivity contribution in [1.29, 1.82) is 0 Å². The van der Waals surface area contributed by atoms with Crippen LogP contribution in [0.1, 0.15) is 31.9 Å². The highest BCUT2D eigenvalue weighted by Crippen LogP contribution is 2.08. The number of aromatic nitrogens is 2. The highest BCUT2D eigenvalue weighted by molar-refractivity contribution is 5.26. The Labute approximate surface area is 67.2 Å². The second kappa shape index (κ2) is 3.25. The SMILES string of the molecule is C#Cc1cnn([C@H](C)CC)c1. The van der Waals surface area contributed by atoms with Crippen molar-refractivity contribution < 1.29 is 0 Å². The maximum Gasteiger partial charge on any atom is 0.0646 e. The van der Waals surface area contributed by atoms with Crippen LogP contribution in [-0.2, 0) is 0 Å². The fourth-order valence-corrected chi connectivity index (χ4v) is 0.841. The van der Waals surface area contributed by atoms with Gasteiger partial charge in [-0.25, -0.2) is 0 Å². The molecule has 0 aliphatic rings. The molecule has 2 nitrogen and oxygen atoms in total. The van der Waals surface area contributed by atoms with Crippen LogP contribution < -0.4 is 0 Å². The summed E-state index contributed by atoms with van der Waals surface area (Å²) in [6.07, 6.45) is 9.89. The van der Waals surface area contributed by atoms with E-state index in [1.54, 1.807) is 6.20 Å². The second-order valence-electron chi connectivity index (χ2n) is 2.61. The molecule has 58 valence electrons. The molecule has 0 bridgehead atoms. The lowest BCUT2D eigenvalue weighted by atomic mass is 10.3. The molecule has 0 fully saturated rings. The van der Waals surface area contributed by atoms with E-state index in [4.69, 9.17) is 6.42 Å². The molecule has 0 aliphatic heterocycles. The molecule has 1 aromatic rings. The molecule has 0 N–H and O–H groups in total. The maximum atomic E-state index is 5.20. The van der Waals surface area contributed by atoms with Crippen LogP contribution in [0.15, 0.2) is 12.4 Å². The van der Waals surface area contributed by atoms with Gasteiger partial charge in [-0.15, -0.1) is 6.42 Å². The Morgan fingerprint density at radius 3 is 3.00 bits per heavy atom. The highest BCUT2D eigenvalue weighted by Gasteiger charge is 2.01. The van der Waals surface area contributed by atoms with Crippen LogP contribution in [0, 0.1) is 12.3 Å².